The van der Waals surface area contributed by atoms with Gasteiger partial charge in [0.2, 0.25) is 0 Å². The zero-order valence-corrected chi connectivity index (χ0v) is 22.1. The van der Waals surface area contributed by atoms with Crippen LogP contribution in [-0.4, -0.2) is 20.3 Å². The summed E-state index contributed by atoms with van der Waals surface area (Å²) in [7, 11) is 0.142. The standard InChI is InChI=1S/C28H36NOPS/c1-27(2,3)26(29(7)32(30)28(4,5)6)24-20-14-15-21-25(24)31(22-16-10-8-11-17-22)23-18-12-9-13-19-23/h8-21,26H,1-7H3/t26?,32-/m1/s1. The first-order valence-corrected chi connectivity index (χ1v) is 13.6. The predicted molar refractivity (Wildman–Crippen MR) is 143 cm³/mol. The van der Waals surface area contributed by atoms with Gasteiger partial charge in [-0.25, -0.2) is 8.51 Å². The fourth-order valence-corrected chi connectivity index (χ4v) is 8.21. The van der Waals surface area contributed by atoms with Crippen molar-refractivity contribution in [3.05, 3.63) is 90.5 Å². The molecular weight excluding hydrogens is 429 g/mol. The number of hydrogen-bond acceptors (Lipinski definition) is 1. The lowest BCUT2D eigenvalue weighted by molar-refractivity contribution is 0.207. The largest absolute Gasteiger partial charge is 0.242 e. The molecule has 0 N–H and O–H groups in total. The van der Waals surface area contributed by atoms with Crippen LogP contribution < -0.4 is 15.9 Å². The van der Waals surface area contributed by atoms with Crippen LogP contribution in [0.5, 0.6) is 0 Å². The first kappa shape index (κ1) is 24.8. The predicted octanol–water partition coefficient (Wildman–Crippen LogP) is 5.93. The second kappa shape index (κ2) is 10.00. The highest BCUT2D eigenvalue weighted by molar-refractivity contribution is 7.84. The summed E-state index contributed by atoms with van der Waals surface area (Å²) in [5.74, 6) is 0. The molecule has 0 saturated carbocycles. The van der Waals surface area contributed by atoms with Crippen LogP contribution >= 0.6 is 7.92 Å². The molecule has 0 heterocycles. The van der Waals surface area contributed by atoms with Gasteiger partial charge < -0.3 is 0 Å². The summed E-state index contributed by atoms with van der Waals surface area (Å²) in [5, 5.41) is 3.99. The minimum absolute atomic E-state index is 0.0104. The number of rotatable bonds is 6. The van der Waals surface area contributed by atoms with Crippen LogP contribution in [0.3, 0.4) is 0 Å². The van der Waals surface area contributed by atoms with Crippen LogP contribution in [0, 0.1) is 5.41 Å². The lowest BCUT2D eigenvalue weighted by atomic mass is 9.82. The van der Waals surface area contributed by atoms with Crippen molar-refractivity contribution in [2.75, 3.05) is 7.05 Å². The van der Waals surface area contributed by atoms with Gasteiger partial charge in [0, 0.05) is 7.05 Å². The van der Waals surface area contributed by atoms with E-state index < -0.39 is 18.9 Å². The van der Waals surface area contributed by atoms with Gasteiger partial charge in [-0.05, 0) is 55.6 Å². The van der Waals surface area contributed by atoms with E-state index in [2.05, 4.69) is 110 Å². The maximum Gasteiger partial charge on any atom is 0.100 e. The molecule has 2 nitrogen and oxygen atoms in total. The molecule has 0 amide bonds. The Morgan fingerprint density at radius 1 is 0.719 bits per heavy atom. The number of nitrogens with zero attached hydrogens (tertiary/aromatic N) is 1. The van der Waals surface area contributed by atoms with E-state index >= 15 is 0 Å². The van der Waals surface area contributed by atoms with E-state index in [1.54, 1.807) is 0 Å². The topological polar surface area (TPSA) is 20.3 Å². The van der Waals surface area contributed by atoms with Crippen molar-refractivity contribution >= 4 is 34.8 Å². The Labute approximate surface area is 198 Å². The zero-order chi connectivity index (χ0) is 23.5. The minimum atomic E-state index is -1.13. The van der Waals surface area contributed by atoms with E-state index in [1.165, 1.54) is 21.5 Å². The lowest BCUT2D eigenvalue weighted by Gasteiger charge is -2.41. The molecule has 0 aliphatic carbocycles. The Morgan fingerprint density at radius 2 is 1.16 bits per heavy atom. The molecule has 0 fully saturated rings. The van der Waals surface area contributed by atoms with E-state index in [1.807, 2.05) is 27.8 Å². The van der Waals surface area contributed by atoms with Gasteiger partial charge in [0.1, 0.15) is 11.0 Å². The van der Waals surface area contributed by atoms with Crippen molar-refractivity contribution in [3.8, 4) is 0 Å². The molecule has 0 aliphatic rings. The highest BCUT2D eigenvalue weighted by Gasteiger charge is 2.38. The van der Waals surface area contributed by atoms with Gasteiger partial charge in [0.05, 0.1) is 10.8 Å². The van der Waals surface area contributed by atoms with Gasteiger partial charge in [-0.2, -0.15) is 0 Å². The van der Waals surface area contributed by atoms with Gasteiger partial charge in [-0.3, -0.25) is 0 Å². The maximum absolute atomic E-state index is 13.5. The molecular formula is C28H36NOPS. The molecule has 4 heteroatoms. The molecule has 170 valence electrons. The maximum atomic E-state index is 13.5. The fourth-order valence-electron chi connectivity index (χ4n) is 4.24. The average Bonchev–Trinajstić information content (AvgIpc) is 2.74. The van der Waals surface area contributed by atoms with Gasteiger partial charge >= 0.3 is 0 Å². The van der Waals surface area contributed by atoms with Gasteiger partial charge in [0.15, 0.2) is 0 Å². The summed E-state index contributed by atoms with van der Waals surface area (Å²) >= 11 is 0. The molecule has 32 heavy (non-hydrogen) atoms. The molecule has 3 aromatic carbocycles. The molecule has 3 aromatic rings. The lowest BCUT2D eigenvalue weighted by Crippen LogP contribution is -2.43. The van der Waals surface area contributed by atoms with Crippen LogP contribution in [0.25, 0.3) is 0 Å². The van der Waals surface area contributed by atoms with Crippen LogP contribution in [-0.2, 0) is 11.0 Å². The number of hydrogen-bond donors (Lipinski definition) is 0. The van der Waals surface area contributed by atoms with Crippen LogP contribution in [0.4, 0.5) is 0 Å². The third-order valence-corrected chi connectivity index (χ3v) is 9.77. The molecule has 0 bridgehead atoms. The highest BCUT2D eigenvalue weighted by atomic mass is 32.2. The highest BCUT2D eigenvalue weighted by Crippen LogP contribution is 2.43. The molecule has 0 aromatic heterocycles. The van der Waals surface area contributed by atoms with Gasteiger partial charge in [-0.1, -0.05) is 106 Å². The van der Waals surface area contributed by atoms with Crippen molar-refractivity contribution in [1.29, 1.82) is 0 Å². The first-order chi connectivity index (χ1) is 15.0. The van der Waals surface area contributed by atoms with Gasteiger partial charge in [-0.15, -0.1) is 0 Å². The van der Waals surface area contributed by atoms with E-state index in [0.717, 1.165) is 0 Å². The molecule has 0 saturated heterocycles. The third-order valence-electron chi connectivity index (χ3n) is 5.47. The minimum Gasteiger partial charge on any atom is -0.242 e. The molecule has 2 atom stereocenters. The molecule has 0 radical (unpaired) electrons. The van der Waals surface area contributed by atoms with Crippen molar-refractivity contribution in [2.45, 2.75) is 52.3 Å². The van der Waals surface area contributed by atoms with E-state index in [9.17, 15) is 4.21 Å². The normalized spacial score (nSPS) is 14.5. The van der Waals surface area contributed by atoms with E-state index in [4.69, 9.17) is 0 Å². The van der Waals surface area contributed by atoms with Gasteiger partial charge in [0.25, 0.3) is 0 Å². The van der Waals surface area contributed by atoms with Crippen molar-refractivity contribution in [3.63, 3.8) is 0 Å². The Morgan fingerprint density at radius 3 is 1.59 bits per heavy atom. The molecule has 0 spiro atoms. The van der Waals surface area contributed by atoms with Crippen molar-refractivity contribution < 1.29 is 4.21 Å². The van der Waals surface area contributed by atoms with Crippen molar-refractivity contribution in [2.24, 2.45) is 5.41 Å². The monoisotopic (exact) mass is 465 g/mol. The van der Waals surface area contributed by atoms with Crippen LogP contribution in [0.15, 0.2) is 84.9 Å². The van der Waals surface area contributed by atoms with E-state index in [-0.39, 0.29) is 16.2 Å². The zero-order valence-electron chi connectivity index (χ0n) is 20.4. The summed E-state index contributed by atoms with van der Waals surface area (Å²) in [6.45, 7) is 12.9. The average molecular weight is 466 g/mol. The SMILES string of the molecule is CN(C(c1ccccc1P(c1ccccc1)c1ccccc1)C(C)(C)C)[S@](=O)C(C)(C)C. The van der Waals surface area contributed by atoms with E-state index in [0.29, 0.717) is 0 Å². The number of benzene rings is 3. The molecule has 3 rings (SSSR count). The quantitative estimate of drug-likeness (QED) is 0.414. The summed E-state index contributed by atoms with van der Waals surface area (Å²) < 4.78 is 15.3. The Balaban J connectivity index is 2.23. The second-order valence-electron chi connectivity index (χ2n) is 10.2. The summed E-state index contributed by atoms with van der Waals surface area (Å²) in [6.07, 6.45) is 0. The Bertz CT molecular complexity index is 999. The van der Waals surface area contributed by atoms with Crippen LogP contribution in [0.1, 0.15) is 53.1 Å². The Kier molecular flexibility index (Phi) is 7.76. The summed E-state index contributed by atoms with van der Waals surface area (Å²) in [4.78, 5) is 0. The molecule has 0 aliphatic heterocycles. The summed E-state index contributed by atoms with van der Waals surface area (Å²) in [5.41, 5.74) is 1.17. The molecule has 1 unspecified atom stereocenters. The third kappa shape index (κ3) is 5.57. The second-order valence-corrected chi connectivity index (χ2v) is 14.7. The van der Waals surface area contributed by atoms with Crippen molar-refractivity contribution in [1.82, 2.24) is 4.31 Å². The smallest absolute Gasteiger partial charge is 0.100 e. The van der Waals surface area contributed by atoms with Crippen LogP contribution in [0.2, 0.25) is 0 Å². The fraction of sp³-hybridized carbons (Fsp3) is 0.357. The summed E-state index contributed by atoms with van der Waals surface area (Å²) in [6, 6.07) is 30.4. The first-order valence-electron chi connectivity index (χ1n) is 11.2. The Hall–Kier alpha value is -1.80.